The van der Waals surface area contributed by atoms with Crippen molar-refractivity contribution in [2.75, 3.05) is 0 Å². The molecule has 0 aliphatic heterocycles. The van der Waals surface area contributed by atoms with E-state index in [1.807, 2.05) is 0 Å². The number of nitrogens with zero attached hydrogens (tertiary/aromatic N) is 4. The average Bonchev–Trinajstić information content (AvgIpc) is 3.08. The van der Waals surface area contributed by atoms with Crippen LogP contribution in [-0.4, -0.2) is 30.1 Å². The Labute approximate surface area is 296 Å². The number of hydrogen-bond acceptors (Lipinski definition) is 6. The van der Waals surface area contributed by atoms with Gasteiger partial charge in [-0.05, 0) is 25.7 Å². The SMILES string of the molecule is CCCCCCCCCCCCCCCCCCc1nc(O)nc2c(CCCCCCCCCCCCCCCCCC)nc(O)nc12. The van der Waals surface area contributed by atoms with Crippen molar-refractivity contribution in [2.24, 2.45) is 0 Å². The molecule has 0 fully saturated rings. The number of fused-ring (bicyclic) bond motifs is 1. The van der Waals surface area contributed by atoms with Crippen LogP contribution in [0.5, 0.6) is 12.0 Å². The largest absolute Gasteiger partial charge is 0.479 e. The molecule has 0 amide bonds. The summed E-state index contributed by atoms with van der Waals surface area (Å²) in [7, 11) is 0. The van der Waals surface area contributed by atoms with Crippen molar-refractivity contribution >= 4 is 11.0 Å². The summed E-state index contributed by atoms with van der Waals surface area (Å²) >= 11 is 0. The van der Waals surface area contributed by atoms with E-state index in [0.717, 1.165) is 49.9 Å². The van der Waals surface area contributed by atoms with Gasteiger partial charge >= 0.3 is 12.0 Å². The minimum Gasteiger partial charge on any atom is -0.479 e. The third-order valence-electron chi connectivity index (χ3n) is 10.2. The molecule has 0 unspecified atom stereocenters. The summed E-state index contributed by atoms with van der Waals surface area (Å²) in [5.74, 6) is 0. The molecule has 0 saturated heterocycles. The summed E-state index contributed by atoms with van der Waals surface area (Å²) in [5, 5.41) is 20.6. The summed E-state index contributed by atoms with van der Waals surface area (Å²) in [4.78, 5) is 17.2. The Morgan fingerprint density at radius 2 is 0.500 bits per heavy atom. The Bertz CT molecular complexity index is 949. The third-order valence-corrected chi connectivity index (χ3v) is 10.2. The van der Waals surface area contributed by atoms with Crippen molar-refractivity contribution in [2.45, 2.75) is 232 Å². The molecule has 6 nitrogen and oxygen atoms in total. The second-order valence-corrected chi connectivity index (χ2v) is 14.7. The van der Waals surface area contributed by atoms with Gasteiger partial charge in [0.05, 0.1) is 11.4 Å². The first kappa shape index (κ1) is 42.2. The van der Waals surface area contributed by atoms with Crippen LogP contribution >= 0.6 is 0 Å². The Morgan fingerprint density at radius 3 is 0.729 bits per heavy atom. The monoisotopic (exact) mass is 669 g/mol. The fraction of sp³-hybridized carbons (Fsp3) is 0.857. The van der Waals surface area contributed by atoms with E-state index in [9.17, 15) is 10.2 Å². The Kier molecular flexibility index (Phi) is 26.3. The van der Waals surface area contributed by atoms with Crippen molar-refractivity contribution in [1.29, 1.82) is 0 Å². The first-order chi connectivity index (χ1) is 23.7. The van der Waals surface area contributed by atoms with Gasteiger partial charge < -0.3 is 10.2 Å². The van der Waals surface area contributed by atoms with Gasteiger partial charge in [0.15, 0.2) is 0 Å². The first-order valence-electron chi connectivity index (χ1n) is 21.1. The minimum atomic E-state index is -0.212. The number of aromatic nitrogens is 4. The molecule has 2 aromatic rings. The number of rotatable bonds is 34. The zero-order valence-electron chi connectivity index (χ0n) is 31.7. The van der Waals surface area contributed by atoms with Gasteiger partial charge in [0.1, 0.15) is 11.0 Å². The normalized spacial score (nSPS) is 11.6. The lowest BCUT2D eigenvalue weighted by Gasteiger charge is -2.09. The van der Waals surface area contributed by atoms with Crippen LogP contribution in [0, 0.1) is 0 Å². The van der Waals surface area contributed by atoms with Crippen LogP contribution in [0.4, 0.5) is 0 Å². The van der Waals surface area contributed by atoms with Gasteiger partial charge in [-0.25, -0.2) is 0 Å². The number of hydrogen-bond donors (Lipinski definition) is 2. The van der Waals surface area contributed by atoms with E-state index in [-0.39, 0.29) is 12.0 Å². The van der Waals surface area contributed by atoms with Crippen LogP contribution in [-0.2, 0) is 12.8 Å². The molecular weight excluding hydrogens is 592 g/mol. The highest BCUT2D eigenvalue weighted by atomic mass is 16.3. The van der Waals surface area contributed by atoms with E-state index in [1.54, 1.807) is 0 Å². The van der Waals surface area contributed by atoms with Gasteiger partial charge in [0, 0.05) is 0 Å². The predicted octanol–water partition coefficient (Wildman–Crippen LogP) is 13.4. The number of aromatic hydroxyl groups is 2. The van der Waals surface area contributed by atoms with Gasteiger partial charge in [-0.3, -0.25) is 0 Å². The topological polar surface area (TPSA) is 92.0 Å². The quantitative estimate of drug-likeness (QED) is 0.0721. The van der Waals surface area contributed by atoms with Crippen molar-refractivity contribution in [1.82, 2.24) is 19.9 Å². The Hall–Kier alpha value is -1.98. The maximum atomic E-state index is 10.3. The maximum absolute atomic E-state index is 10.3. The Morgan fingerprint density at radius 1 is 0.292 bits per heavy atom. The smallest absolute Gasteiger partial charge is 0.314 e. The fourth-order valence-corrected chi connectivity index (χ4v) is 7.14. The molecule has 2 heterocycles. The lowest BCUT2D eigenvalue weighted by atomic mass is 10.0. The van der Waals surface area contributed by atoms with E-state index >= 15 is 0 Å². The maximum Gasteiger partial charge on any atom is 0.314 e. The number of aryl methyl sites for hydroxylation is 2. The molecule has 0 radical (unpaired) electrons. The van der Waals surface area contributed by atoms with Crippen LogP contribution in [0.15, 0.2) is 0 Å². The van der Waals surface area contributed by atoms with E-state index in [4.69, 9.17) is 0 Å². The lowest BCUT2D eigenvalue weighted by molar-refractivity contribution is 0.422. The predicted molar refractivity (Wildman–Crippen MR) is 205 cm³/mol. The highest BCUT2D eigenvalue weighted by Crippen LogP contribution is 2.25. The van der Waals surface area contributed by atoms with E-state index in [1.165, 1.54) is 180 Å². The lowest BCUT2D eigenvalue weighted by Crippen LogP contribution is -2.03. The molecular formula is C42H76N4O2. The minimum absolute atomic E-state index is 0.212. The summed E-state index contributed by atoms with van der Waals surface area (Å²) < 4.78 is 0. The fourth-order valence-electron chi connectivity index (χ4n) is 7.14. The molecule has 0 aliphatic rings. The van der Waals surface area contributed by atoms with Gasteiger partial charge in [0.25, 0.3) is 0 Å². The molecule has 48 heavy (non-hydrogen) atoms. The van der Waals surface area contributed by atoms with Crippen molar-refractivity contribution in [3.05, 3.63) is 11.4 Å². The van der Waals surface area contributed by atoms with Crippen LogP contribution in [0.1, 0.15) is 231 Å². The first-order valence-corrected chi connectivity index (χ1v) is 21.1. The summed E-state index contributed by atoms with van der Waals surface area (Å²) in [6, 6.07) is -0.423. The molecule has 0 spiro atoms. The highest BCUT2D eigenvalue weighted by Gasteiger charge is 2.15. The average molecular weight is 669 g/mol. The highest BCUT2D eigenvalue weighted by molar-refractivity contribution is 5.79. The van der Waals surface area contributed by atoms with Crippen LogP contribution < -0.4 is 0 Å². The van der Waals surface area contributed by atoms with E-state index in [0.29, 0.717) is 11.0 Å². The van der Waals surface area contributed by atoms with Gasteiger partial charge in [-0.1, -0.05) is 206 Å². The van der Waals surface area contributed by atoms with Gasteiger partial charge in [-0.2, -0.15) is 19.9 Å². The molecule has 6 heteroatoms. The van der Waals surface area contributed by atoms with E-state index in [2.05, 4.69) is 33.8 Å². The van der Waals surface area contributed by atoms with Crippen LogP contribution in [0.25, 0.3) is 11.0 Å². The second kappa shape index (κ2) is 29.9. The molecule has 276 valence electrons. The molecule has 0 aliphatic carbocycles. The molecule has 2 rings (SSSR count). The zero-order valence-corrected chi connectivity index (χ0v) is 31.7. The van der Waals surface area contributed by atoms with E-state index < -0.39 is 0 Å². The summed E-state index contributed by atoms with van der Waals surface area (Å²) in [6.07, 6.45) is 44.3. The Balaban J connectivity index is 1.55. The molecule has 2 aromatic heterocycles. The molecule has 0 saturated carbocycles. The van der Waals surface area contributed by atoms with Gasteiger partial charge in [-0.15, -0.1) is 0 Å². The van der Waals surface area contributed by atoms with Crippen molar-refractivity contribution < 1.29 is 10.2 Å². The van der Waals surface area contributed by atoms with Crippen LogP contribution in [0.2, 0.25) is 0 Å². The van der Waals surface area contributed by atoms with Crippen molar-refractivity contribution in [3.8, 4) is 12.0 Å². The zero-order chi connectivity index (χ0) is 34.3. The summed E-state index contributed by atoms with van der Waals surface area (Å²) in [6.45, 7) is 4.57. The number of unbranched alkanes of at least 4 members (excludes halogenated alkanes) is 30. The second-order valence-electron chi connectivity index (χ2n) is 14.7. The van der Waals surface area contributed by atoms with Gasteiger partial charge in [0.2, 0.25) is 0 Å². The molecule has 0 aromatic carbocycles. The van der Waals surface area contributed by atoms with Crippen LogP contribution in [0.3, 0.4) is 0 Å². The summed E-state index contributed by atoms with van der Waals surface area (Å²) in [5.41, 5.74) is 2.67. The van der Waals surface area contributed by atoms with Crippen molar-refractivity contribution in [3.63, 3.8) is 0 Å². The molecule has 0 bridgehead atoms. The third kappa shape index (κ3) is 21.2. The molecule has 0 atom stereocenters. The standard InChI is InChI=1S/C42H76N4O2/c1-3-5-7-9-11-13-15-17-19-21-23-25-27-29-31-33-35-37-39-40(46-41(47)43-37)38(44-42(48)45-39)36-34-32-30-28-26-24-22-20-18-16-14-12-10-8-6-4-2/h3-36H2,1-2H3,(H,43,46,47)(H,44,45,48). The molecule has 2 N–H and O–H groups in total.